The Morgan fingerprint density at radius 3 is 2.50 bits per heavy atom. The highest BCUT2D eigenvalue weighted by molar-refractivity contribution is 7.80. The van der Waals surface area contributed by atoms with Gasteiger partial charge in [-0.1, -0.05) is 26.0 Å². The Kier molecular flexibility index (Phi) is 5.69. The predicted molar refractivity (Wildman–Crippen MR) is 75.9 cm³/mol. The summed E-state index contributed by atoms with van der Waals surface area (Å²) in [5, 5.41) is 11.8. The standard InChI is InChI=1S/C14H21NO2S/c1-14(2,7-8-16)10-15-13(17)9-11-3-5-12(18)6-4-11/h3-6,16,18H,7-10H2,1-2H3,(H,15,17). The van der Waals surface area contributed by atoms with E-state index in [1.165, 1.54) is 0 Å². The Morgan fingerprint density at radius 1 is 1.33 bits per heavy atom. The second-order valence-corrected chi connectivity index (χ2v) is 5.77. The van der Waals surface area contributed by atoms with Crippen LogP contribution < -0.4 is 5.32 Å². The minimum Gasteiger partial charge on any atom is -0.396 e. The van der Waals surface area contributed by atoms with Gasteiger partial charge in [0, 0.05) is 18.0 Å². The van der Waals surface area contributed by atoms with Crippen LogP contribution in [0.1, 0.15) is 25.8 Å². The highest BCUT2D eigenvalue weighted by atomic mass is 32.1. The number of aliphatic hydroxyl groups excluding tert-OH is 1. The van der Waals surface area contributed by atoms with Crippen molar-refractivity contribution in [3.8, 4) is 0 Å². The van der Waals surface area contributed by atoms with Crippen LogP contribution in [0.25, 0.3) is 0 Å². The van der Waals surface area contributed by atoms with Gasteiger partial charge in [-0.2, -0.15) is 0 Å². The molecule has 1 aromatic rings. The number of rotatable bonds is 6. The van der Waals surface area contributed by atoms with Gasteiger partial charge in [-0.05, 0) is 29.5 Å². The molecule has 0 saturated heterocycles. The normalized spacial score (nSPS) is 11.3. The predicted octanol–water partition coefficient (Wildman–Crippen LogP) is 2.04. The van der Waals surface area contributed by atoms with Crippen molar-refractivity contribution >= 4 is 18.5 Å². The third-order valence-corrected chi connectivity index (χ3v) is 3.15. The van der Waals surface area contributed by atoms with E-state index in [0.717, 1.165) is 10.5 Å². The summed E-state index contributed by atoms with van der Waals surface area (Å²) in [7, 11) is 0. The van der Waals surface area contributed by atoms with Crippen molar-refractivity contribution in [2.45, 2.75) is 31.6 Å². The summed E-state index contributed by atoms with van der Waals surface area (Å²) in [6.07, 6.45) is 1.06. The third-order valence-electron chi connectivity index (χ3n) is 2.85. The molecule has 0 aliphatic heterocycles. The van der Waals surface area contributed by atoms with Crippen molar-refractivity contribution in [2.24, 2.45) is 5.41 Å². The summed E-state index contributed by atoms with van der Waals surface area (Å²) in [6, 6.07) is 7.56. The fraction of sp³-hybridized carbons (Fsp3) is 0.500. The lowest BCUT2D eigenvalue weighted by atomic mass is 9.89. The van der Waals surface area contributed by atoms with Gasteiger partial charge in [-0.15, -0.1) is 12.6 Å². The van der Waals surface area contributed by atoms with Gasteiger partial charge in [-0.25, -0.2) is 0 Å². The SMILES string of the molecule is CC(C)(CCO)CNC(=O)Cc1ccc(S)cc1. The molecule has 18 heavy (non-hydrogen) atoms. The van der Waals surface area contributed by atoms with Gasteiger partial charge in [-0.3, -0.25) is 4.79 Å². The summed E-state index contributed by atoms with van der Waals surface area (Å²) in [6.45, 7) is 4.78. The van der Waals surface area contributed by atoms with Gasteiger partial charge in [0.05, 0.1) is 6.42 Å². The van der Waals surface area contributed by atoms with E-state index in [2.05, 4.69) is 17.9 Å². The molecule has 4 heteroatoms. The number of benzene rings is 1. The molecule has 0 atom stereocenters. The van der Waals surface area contributed by atoms with E-state index in [9.17, 15) is 4.79 Å². The molecule has 1 rings (SSSR count). The minimum atomic E-state index is -0.0701. The zero-order valence-corrected chi connectivity index (χ0v) is 11.8. The topological polar surface area (TPSA) is 49.3 Å². The first kappa shape index (κ1) is 15.1. The van der Waals surface area contributed by atoms with E-state index in [-0.39, 0.29) is 17.9 Å². The molecular formula is C14H21NO2S. The molecule has 1 amide bonds. The van der Waals surface area contributed by atoms with Crippen molar-refractivity contribution in [1.29, 1.82) is 0 Å². The highest BCUT2D eigenvalue weighted by Gasteiger charge is 2.17. The van der Waals surface area contributed by atoms with Crippen LogP contribution in [-0.4, -0.2) is 24.2 Å². The average molecular weight is 267 g/mol. The van der Waals surface area contributed by atoms with E-state index in [4.69, 9.17) is 5.11 Å². The third kappa shape index (κ3) is 5.56. The summed E-state index contributed by atoms with van der Waals surface area (Å²) >= 11 is 4.20. The number of carbonyl (C=O) groups excluding carboxylic acids is 1. The number of amides is 1. The first-order valence-corrected chi connectivity index (χ1v) is 6.53. The Labute approximate surface area is 114 Å². The van der Waals surface area contributed by atoms with Crippen molar-refractivity contribution in [2.75, 3.05) is 13.2 Å². The molecule has 0 aliphatic carbocycles. The largest absolute Gasteiger partial charge is 0.396 e. The Hall–Kier alpha value is -1.00. The van der Waals surface area contributed by atoms with Gasteiger partial charge >= 0.3 is 0 Å². The lowest BCUT2D eigenvalue weighted by Crippen LogP contribution is -2.35. The Morgan fingerprint density at radius 2 is 1.94 bits per heavy atom. The van der Waals surface area contributed by atoms with E-state index in [1.807, 2.05) is 38.1 Å². The molecule has 0 aliphatic rings. The second kappa shape index (κ2) is 6.81. The summed E-state index contributed by atoms with van der Waals surface area (Å²) < 4.78 is 0. The van der Waals surface area contributed by atoms with Crippen LogP contribution in [0.3, 0.4) is 0 Å². The molecule has 1 aromatic carbocycles. The van der Waals surface area contributed by atoms with Crippen LogP contribution in [0.4, 0.5) is 0 Å². The molecule has 0 unspecified atom stereocenters. The number of thiol groups is 1. The van der Waals surface area contributed by atoms with Gasteiger partial charge in [0.1, 0.15) is 0 Å². The lowest BCUT2D eigenvalue weighted by Gasteiger charge is -2.23. The van der Waals surface area contributed by atoms with Crippen LogP contribution in [0.15, 0.2) is 29.2 Å². The summed E-state index contributed by atoms with van der Waals surface area (Å²) in [5.74, 6) is 0.00734. The van der Waals surface area contributed by atoms with Crippen LogP contribution in [0, 0.1) is 5.41 Å². The van der Waals surface area contributed by atoms with Crippen molar-refractivity contribution in [3.63, 3.8) is 0 Å². The minimum absolute atomic E-state index is 0.00734. The van der Waals surface area contributed by atoms with Crippen molar-refractivity contribution in [1.82, 2.24) is 5.32 Å². The fourth-order valence-electron chi connectivity index (χ4n) is 1.59. The molecule has 2 N–H and O–H groups in total. The molecular weight excluding hydrogens is 246 g/mol. The molecule has 0 heterocycles. The number of hydrogen-bond donors (Lipinski definition) is 3. The first-order valence-electron chi connectivity index (χ1n) is 6.08. The maximum Gasteiger partial charge on any atom is 0.224 e. The monoisotopic (exact) mass is 267 g/mol. The Balaban J connectivity index is 2.40. The van der Waals surface area contributed by atoms with Crippen LogP contribution in [-0.2, 0) is 11.2 Å². The van der Waals surface area contributed by atoms with Crippen LogP contribution >= 0.6 is 12.6 Å². The number of aliphatic hydroxyl groups is 1. The number of hydrogen-bond acceptors (Lipinski definition) is 3. The van der Waals surface area contributed by atoms with Crippen molar-refractivity contribution in [3.05, 3.63) is 29.8 Å². The fourth-order valence-corrected chi connectivity index (χ4v) is 1.74. The molecule has 100 valence electrons. The number of nitrogens with one attached hydrogen (secondary N) is 1. The second-order valence-electron chi connectivity index (χ2n) is 5.26. The van der Waals surface area contributed by atoms with Crippen molar-refractivity contribution < 1.29 is 9.90 Å². The van der Waals surface area contributed by atoms with E-state index in [0.29, 0.717) is 19.4 Å². The molecule has 0 bridgehead atoms. The molecule has 3 nitrogen and oxygen atoms in total. The van der Waals surface area contributed by atoms with Crippen LogP contribution in [0.2, 0.25) is 0 Å². The maximum atomic E-state index is 11.8. The van der Waals surface area contributed by atoms with Gasteiger partial charge in [0.2, 0.25) is 5.91 Å². The quantitative estimate of drug-likeness (QED) is 0.691. The molecule has 0 saturated carbocycles. The van der Waals surface area contributed by atoms with E-state index >= 15 is 0 Å². The highest BCUT2D eigenvalue weighted by Crippen LogP contribution is 2.18. The van der Waals surface area contributed by atoms with Gasteiger partial charge < -0.3 is 10.4 Å². The zero-order chi connectivity index (χ0) is 13.6. The van der Waals surface area contributed by atoms with E-state index in [1.54, 1.807) is 0 Å². The Bertz CT molecular complexity index is 387. The van der Waals surface area contributed by atoms with Gasteiger partial charge in [0.15, 0.2) is 0 Å². The molecule has 0 aromatic heterocycles. The molecule has 0 spiro atoms. The molecule has 0 radical (unpaired) electrons. The first-order chi connectivity index (χ1) is 8.43. The van der Waals surface area contributed by atoms with Gasteiger partial charge in [0.25, 0.3) is 0 Å². The van der Waals surface area contributed by atoms with E-state index < -0.39 is 0 Å². The average Bonchev–Trinajstić information content (AvgIpc) is 2.30. The number of carbonyl (C=O) groups is 1. The van der Waals surface area contributed by atoms with Crippen LogP contribution in [0.5, 0.6) is 0 Å². The zero-order valence-electron chi connectivity index (χ0n) is 10.9. The molecule has 0 fully saturated rings. The maximum absolute atomic E-state index is 11.8. The lowest BCUT2D eigenvalue weighted by molar-refractivity contribution is -0.120. The summed E-state index contributed by atoms with van der Waals surface area (Å²) in [4.78, 5) is 12.6. The summed E-state index contributed by atoms with van der Waals surface area (Å²) in [5.41, 5.74) is 0.907. The smallest absolute Gasteiger partial charge is 0.224 e.